The van der Waals surface area contributed by atoms with Crippen LogP contribution in [-0.2, 0) is 20.8 Å². The topological polar surface area (TPSA) is 73.7 Å². The summed E-state index contributed by atoms with van der Waals surface area (Å²) in [6, 6.07) is 3.15. The smallest absolute Gasteiger partial charge is 0.266 e. The average Bonchev–Trinajstić information content (AvgIpc) is 2.86. The highest BCUT2D eigenvalue weighted by Crippen LogP contribution is 2.37. The number of rotatable bonds is 3. The lowest BCUT2D eigenvalue weighted by Gasteiger charge is -2.38. The lowest BCUT2D eigenvalue weighted by atomic mass is 9.75. The molecule has 7 heteroatoms. The van der Waals surface area contributed by atoms with Crippen LogP contribution in [0.15, 0.2) is 23.1 Å². The van der Waals surface area contributed by atoms with Gasteiger partial charge in [0.25, 0.3) is 5.56 Å². The highest BCUT2D eigenvalue weighted by Gasteiger charge is 2.45. The fraction of sp³-hybridized carbons (Fsp3) is 0.737. The maximum atomic E-state index is 12.8. The zero-order valence-corrected chi connectivity index (χ0v) is 15.3. The van der Waals surface area contributed by atoms with Gasteiger partial charge in [0, 0.05) is 24.7 Å². The molecule has 2 saturated heterocycles. The molecule has 2 aliphatic heterocycles. The van der Waals surface area contributed by atoms with Crippen molar-refractivity contribution in [3.8, 4) is 0 Å². The third-order valence-corrected chi connectivity index (χ3v) is 5.88. The summed E-state index contributed by atoms with van der Waals surface area (Å²) in [5.41, 5.74) is -0.574. The molecule has 3 fully saturated rings. The molecule has 4 rings (SSSR count). The Labute approximate surface area is 153 Å². The molecule has 1 unspecified atom stereocenters. The molecule has 0 bridgehead atoms. The van der Waals surface area contributed by atoms with E-state index in [1.807, 2.05) is 4.90 Å². The number of hydrogen-bond acceptors (Lipinski definition) is 5. The van der Waals surface area contributed by atoms with Crippen molar-refractivity contribution in [3.05, 3.63) is 28.7 Å². The fourth-order valence-corrected chi connectivity index (χ4v) is 4.42. The Morgan fingerprint density at radius 2 is 2.27 bits per heavy atom. The minimum atomic E-state index is -0.454. The van der Waals surface area contributed by atoms with Crippen molar-refractivity contribution in [2.75, 3.05) is 26.3 Å². The van der Waals surface area contributed by atoms with E-state index in [2.05, 4.69) is 12.0 Å². The third kappa shape index (κ3) is 3.55. The molecular weight excluding hydrogens is 334 g/mol. The summed E-state index contributed by atoms with van der Waals surface area (Å²) in [4.78, 5) is 26.6. The van der Waals surface area contributed by atoms with E-state index < -0.39 is 5.60 Å². The van der Waals surface area contributed by atoms with E-state index in [0.717, 1.165) is 25.7 Å². The Balaban J connectivity index is 1.41. The van der Waals surface area contributed by atoms with Crippen LogP contribution in [-0.4, -0.2) is 58.6 Å². The summed E-state index contributed by atoms with van der Waals surface area (Å²) in [6.45, 7) is 4.93. The summed E-state index contributed by atoms with van der Waals surface area (Å²) in [5, 5.41) is 4.11. The van der Waals surface area contributed by atoms with Gasteiger partial charge < -0.3 is 14.4 Å². The van der Waals surface area contributed by atoms with Crippen LogP contribution in [0.4, 0.5) is 0 Å². The lowest BCUT2D eigenvalue weighted by Crippen LogP contribution is -2.50. The Bertz CT molecular complexity index is 715. The number of carbonyl (C=O) groups excluding carboxylic acids is 1. The second-order valence-corrected chi connectivity index (χ2v) is 8.09. The van der Waals surface area contributed by atoms with E-state index >= 15 is 0 Å². The molecule has 3 aliphatic rings. The molecule has 1 aromatic rings. The van der Waals surface area contributed by atoms with Crippen molar-refractivity contribution in [1.29, 1.82) is 0 Å². The van der Waals surface area contributed by atoms with Crippen LogP contribution in [0.5, 0.6) is 0 Å². The summed E-state index contributed by atoms with van der Waals surface area (Å²) in [5.74, 6) is 1.08. The lowest BCUT2D eigenvalue weighted by molar-refractivity contribution is -0.144. The molecule has 0 aromatic carbocycles. The Hall–Kier alpha value is -1.73. The SMILES string of the molecule is CC1CC(C(=O)N2CCOC[C@]3(CCC(Cn4ncccc4=O)O3)C2)C1. The van der Waals surface area contributed by atoms with Gasteiger partial charge in [-0.05, 0) is 37.7 Å². The monoisotopic (exact) mass is 361 g/mol. The van der Waals surface area contributed by atoms with Crippen LogP contribution in [0.3, 0.4) is 0 Å². The Kier molecular flexibility index (Phi) is 4.84. The van der Waals surface area contributed by atoms with Gasteiger partial charge >= 0.3 is 0 Å². The molecule has 1 aromatic heterocycles. The first kappa shape index (κ1) is 17.7. The van der Waals surface area contributed by atoms with Gasteiger partial charge in [-0.3, -0.25) is 9.59 Å². The van der Waals surface area contributed by atoms with Gasteiger partial charge in [0.15, 0.2) is 0 Å². The van der Waals surface area contributed by atoms with E-state index in [1.54, 1.807) is 12.3 Å². The van der Waals surface area contributed by atoms with Crippen molar-refractivity contribution in [1.82, 2.24) is 14.7 Å². The molecule has 0 N–H and O–H groups in total. The van der Waals surface area contributed by atoms with Crippen molar-refractivity contribution in [2.45, 2.75) is 50.9 Å². The highest BCUT2D eigenvalue weighted by atomic mass is 16.6. The van der Waals surface area contributed by atoms with Crippen molar-refractivity contribution in [2.24, 2.45) is 11.8 Å². The van der Waals surface area contributed by atoms with Crippen molar-refractivity contribution < 1.29 is 14.3 Å². The molecule has 142 valence electrons. The first-order chi connectivity index (χ1) is 12.5. The number of carbonyl (C=O) groups is 1. The summed E-state index contributed by atoms with van der Waals surface area (Å²) in [7, 11) is 0. The molecule has 1 spiro atoms. The molecule has 3 heterocycles. The summed E-state index contributed by atoms with van der Waals surface area (Å²) >= 11 is 0. The first-order valence-electron chi connectivity index (χ1n) is 9.61. The molecule has 0 radical (unpaired) electrons. The van der Waals surface area contributed by atoms with Crippen LogP contribution >= 0.6 is 0 Å². The van der Waals surface area contributed by atoms with Gasteiger partial charge in [-0.2, -0.15) is 5.10 Å². The maximum absolute atomic E-state index is 12.8. The fourth-order valence-electron chi connectivity index (χ4n) is 4.42. The first-order valence-corrected chi connectivity index (χ1v) is 9.61. The quantitative estimate of drug-likeness (QED) is 0.805. The van der Waals surface area contributed by atoms with Crippen molar-refractivity contribution in [3.63, 3.8) is 0 Å². The van der Waals surface area contributed by atoms with Gasteiger partial charge in [-0.1, -0.05) is 6.92 Å². The number of amides is 1. The molecule has 7 nitrogen and oxygen atoms in total. The molecule has 26 heavy (non-hydrogen) atoms. The minimum Gasteiger partial charge on any atom is -0.377 e. The van der Waals surface area contributed by atoms with Crippen LogP contribution in [0.25, 0.3) is 0 Å². The third-order valence-electron chi connectivity index (χ3n) is 5.88. The highest BCUT2D eigenvalue weighted by molar-refractivity contribution is 5.79. The second kappa shape index (κ2) is 7.12. The average molecular weight is 361 g/mol. The number of aromatic nitrogens is 2. The Morgan fingerprint density at radius 3 is 3.04 bits per heavy atom. The van der Waals surface area contributed by atoms with Crippen LogP contribution in [0.1, 0.15) is 32.6 Å². The number of ether oxygens (including phenoxy) is 2. The second-order valence-electron chi connectivity index (χ2n) is 8.09. The molecule has 1 saturated carbocycles. The van der Waals surface area contributed by atoms with Crippen LogP contribution in [0.2, 0.25) is 0 Å². The summed E-state index contributed by atoms with van der Waals surface area (Å²) < 4.78 is 13.6. The van der Waals surface area contributed by atoms with Crippen LogP contribution in [0, 0.1) is 11.8 Å². The van der Waals surface area contributed by atoms with Gasteiger partial charge in [0.05, 0.1) is 32.4 Å². The normalized spacial score (nSPS) is 34.5. The van der Waals surface area contributed by atoms with E-state index in [1.165, 1.54) is 10.7 Å². The molecule has 1 aliphatic carbocycles. The van der Waals surface area contributed by atoms with Crippen molar-refractivity contribution >= 4 is 5.91 Å². The maximum Gasteiger partial charge on any atom is 0.266 e. The molecule has 2 atom stereocenters. The van der Waals surface area contributed by atoms with E-state index in [9.17, 15) is 9.59 Å². The van der Waals surface area contributed by atoms with Crippen LogP contribution < -0.4 is 5.56 Å². The number of nitrogens with zero attached hydrogens (tertiary/aromatic N) is 3. The summed E-state index contributed by atoms with van der Waals surface area (Å²) in [6.07, 6.45) is 5.20. The van der Waals surface area contributed by atoms with Gasteiger partial charge in [-0.25, -0.2) is 4.68 Å². The molecule has 1 amide bonds. The molecular formula is C19H27N3O4. The minimum absolute atomic E-state index is 0.0787. The Morgan fingerprint density at radius 1 is 1.42 bits per heavy atom. The largest absolute Gasteiger partial charge is 0.377 e. The van der Waals surface area contributed by atoms with Gasteiger partial charge in [-0.15, -0.1) is 0 Å². The zero-order valence-electron chi connectivity index (χ0n) is 15.3. The number of hydrogen-bond donors (Lipinski definition) is 0. The zero-order chi connectivity index (χ0) is 18.1. The predicted molar refractivity (Wildman–Crippen MR) is 94.6 cm³/mol. The van der Waals surface area contributed by atoms with Gasteiger partial charge in [0.1, 0.15) is 5.60 Å². The predicted octanol–water partition coefficient (Wildman–Crippen LogP) is 1.07. The van der Waals surface area contributed by atoms with Gasteiger partial charge in [0.2, 0.25) is 5.91 Å². The standard InChI is InChI=1S/C19H27N3O4/c1-14-9-15(10-14)18(24)21-7-8-25-13-19(12-21)5-4-16(26-19)11-22-17(23)3-2-6-20-22/h2-3,6,14-16H,4-5,7-13H2,1H3/t14?,15?,16?,19-/m0/s1. The van der Waals surface area contributed by atoms with E-state index in [4.69, 9.17) is 9.47 Å². The van der Waals surface area contributed by atoms with E-state index in [-0.39, 0.29) is 23.5 Å². The van der Waals surface area contributed by atoms with E-state index in [0.29, 0.717) is 38.8 Å².